The fraction of sp³-hybridized carbons (Fsp3) is 0.0417. The molecule has 0 spiro atoms. The fourth-order valence-corrected chi connectivity index (χ4v) is 3.46. The minimum Gasteiger partial charge on any atom is -0.497 e. The fourth-order valence-electron chi connectivity index (χ4n) is 3.46. The summed E-state index contributed by atoms with van der Waals surface area (Å²) in [6.45, 7) is 0. The van der Waals surface area contributed by atoms with Gasteiger partial charge in [-0.2, -0.15) is 0 Å². The Bertz CT molecular complexity index is 1410. The normalized spacial score (nSPS) is 10.9. The lowest BCUT2D eigenvalue weighted by Gasteiger charge is -2.11. The number of aromatic nitrogens is 3. The van der Waals surface area contributed by atoms with Crippen LogP contribution in [0.3, 0.4) is 0 Å². The van der Waals surface area contributed by atoms with E-state index in [1.807, 2.05) is 54.6 Å². The van der Waals surface area contributed by atoms with Crippen molar-refractivity contribution in [3.8, 4) is 17.4 Å². The van der Waals surface area contributed by atoms with Gasteiger partial charge in [0.25, 0.3) is 5.91 Å². The summed E-state index contributed by atoms with van der Waals surface area (Å²) in [5, 5.41) is 5.43. The molecule has 0 aliphatic rings. The molecule has 0 atom stereocenters. The quantitative estimate of drug-likeness (QED) is 0.418. The second kappa shape index (κ2) is 7.79. The van der Waals surface area contributed by atoms with Crippen LogP contribution in [0.25, 0.3) is 21.8 Å². The smallest absolute Gasteiger partial charge is 0.256 e. The average Bonchev–Trinajstić information content (AvgIpc) is 3.28. The summed E-state index contributed by atoms with van der Waals surface area (Å²) in [6, 6.07) is 20.3. The van der Waals surface area contributed by atoms with E-state index < -0.39 is 0 Å². The lowest BCUT2D eigenvalue weighted by molar-refractivity contribution is 0.102. The number of carbonyl (C=O) groups is 1. The highest BCUT2D eigenvalue weighted by molar-refractivity contribution is 6.13. The van der Waals surface area contributed by atoms with Crippen LogP contribution in [0, 0.1) is 0 Å². The SMILES string of the molecule is COc1cccc(NC(=O)c2cccc3cc(Oc4ncnc5[nH]ccc45)ccc23)c1. The van der Waals surface area contributed by atoms with Crippen LogP contribution in [-0.2, 0) is 0 Å². The molecule has 0 bridgehead atoms. The summed E-state index contributed by atoms with van der Waals surface area (Å²) in [5.41, 5.74) is 1.95. The number of aromatic amines is 1. The molecule has 0 fully saturated rings. The van der Waals surface area contributed by atoms with Gasteiger partial charge in [0, 0.05) is 23.5 Å². The van der Waals surface area contributed by atoms with E-state index in [9.17, 15) is 4.79 Å². The standard InChI is InChI=1S/C24H18N4O3/c1-30-17-6-3-5-16(13-17)28-23(29)20-7-2-4-15-12-18(8-9-19(15)20)31-24-21-10-11-25-22(21)26-14-27-24/h2-14H,1H3,(H,28,29)(H,25,26,27). The molecule has 3 aromatic carbocycles. The predicted octanol–water partition coefficient (Wildman–Crippen LogP) is 5.16. The van der Waals surface area contributed by atoms with Gasteiger partial charge >= 0.3 is 0 Å². The number of benzene rings is 3. The summed E-state index contributed by atoms with van der Waals surface area (Å²) >= 11 is 0. The summed E-state index contributed by atoms with van der Waals surface area (Å²) < 4.78 is 11.2. The molecule has 0 aliphatic heterocycles. The molecular weight excluding hydrogens is 392 g/mol. The van der Waals surface area contributed by atoms with E-state index in [1.54, 1.807) is 25.4 Å². The number of carbonyl (C=O) groups excluding carboxylic acids is 1. The third-order valence-electron chi connectivity index (χ3n) is 4.96. The van der Waals surface area contributed by atoms with E-state index in [0.29, 0.717) is 34.3 Å². The number of fused-ring (bicyclic) bond motifs is 2. The third-order valence-corrected chi connectivity index (χ3v) is 4.96. The first-order valence-corrected chi connectivity index (χ1v) is 9.65. The minimum absolute atomic E-state index is 0.197. The van der Waals surface area contributed by atoms with Crippen LogP contribution in [0.15, 0.2) is 79.3 Å². The summed E-state index contributed by atoms with van der Waals surface area (Å²) in [5.74, 6) is 1.58. The second-order valence-electron chi connectivity index (χ2n) is 6.90. The number of nitrogens with zero attached hydrogens (tertiary/aromatic N) is 2. The molecule has 0 unspecified atom stereocenters. The summed E-state index contributed by atoms with van der Waals surface area (Å²) in [4.78, 5) is 24.4. The first-order chi connectivity index (χ1) is 15.2. The molecule has 1 amide bonds. The van der Waals surface area contributed by atoms with Gasteiger partial charge in [0.05, 0.1) is 12.5 Å². The molecule has 2 aromatic heterocycles. The van der Waals surface area contributed by atoms with Crippen molar-refractivity contribution in [2.75, 3.05) is 12.4 Å². The van der Waals surface area contributed by atoms with Gasteiger partial charge in [-0.25, -0.2) is 9.97 Å². The Balaban J connectivity index is 1.44. The lowest BCUT2D eigenvalue weighted by atomic mass is 10.0. The van der Waals surface area contributed by atoms with Crippen LogP contribution in [0.4, 0.5) is 5.69 Å². The maximum absolute atomic E-state index is 12.9. The molecule has 2 N–H and O–H groups in total. The van der Waals surface area contributed by atoms with Crippen molar-refractivity contribution in [2.45, 2.75) is 0 Å². The van der Waals surface area contributed by atoms with Gasteiger partial charge in [0.1, 0.15) is 23.5 Å². The highest BCUT2D eigenvalue weighted by Crippen LogP contribution is 2.30. The largest absolute Gasteiger partial charge is 0.497 e. The minimum atomic E-state index is -0.197. The van der Waals surface area contributed by atoms with Gasteiger partial charge in [0.15, 0.2) is 0 Å². The number of nitrogens with one attached hydrogen (secondary N) is 2. The molecule has 7 heteroatoms. The van der Waals surface area contributed by atoms with Crippen LogP contribution >= 0.6 is 0 Å². The average molecular weight is 410 g/mol. The van der Waals surface area contributed by atoms with Crippen molar-refractivity contribution >= 4 is 33.4 Å². The Morgan fingerprint density at radius 2 is 1.84 bits per heavy atom. The zero-order valence-electron chi connectivity index (χ0n) is 16.6. The number of hydrogen-bond acceptors (Lipinski definition) is 5. The topological polar surface area (TPSA) is 89.1 Å². The molecule has 5 rings (SSSR count). The summed E-state index contributed by atoms with van der Waals surface area (Å²) in [7, 11) is 1.59. The van der Waals surface area contributed by atoms with Crippen LogP contribution in [0.1, 0.15) is 10.4 Å². The first kappa shape index (κ1) is 18.6. The van der Waals surface area contributed by atoms with Crippen molar-refractivity contribution in [1.82, 2.24) is 15.0 Å². The Hall–Kier alpha value is -4.39. The summed E-state index contributed by atoms with van der Waals surface area (Å²) in [6.07, 6.45) is 3.25. The molecule has 0 saturated heterocycles. The van der Waals surface area contributed by atoms with E-state index in [0.717, 1.165) is 16.2 Å². The van der Waals surface area contributed by atoms with Gasteiger partial charge in [-0.15, -0.1) is 0 Å². The van der Waals surface area contributed by atoms with Gasteiger partial charge < -0.3 is 19.8 Å². The van der Waals surface area contributed by atoms with E-state index >= 15 is 0 Å². The Kier molecular flexibility index (Phi) is 4.68. The highest BCUT2D eigenvalue weighted by atomic mass is 16.5. The third kappa shape index (κ3) is 3.64. The Labute approximate surface area is 177 Å². The first-order valence-electron chi connectivity index (χ1n) is 9.65. The number of rotatable bonds is 5. The van der Waals surface area contributed by atoms with E-state index in [4.69, 9.17) is 9.47 Å². The van der Waals surface area contributed by atoms with Crippen molar-refractivity contribution in [3.63, 3.8) is 0 Å². The molecule has 5 aromatic rings. The Morgan fingerprint density at radius 1 is 0.935 bits per heavy atom. The molecule has 0 aliphatic carbocycles. The van der Waals surface area contributed by atoms with Crippen LogP contribution < -0.4 is 14.8 Å². The van der Waals surface area contributed by atoms with E-state index in [2.05, 4.69) is 20.3 Å². The highest BCUT2D eigenvalue weighted by Gasteiger charge is 2.12. The number of ether oxygens (including phenoxy) is 2. The Morgan fingerprint density at radius 3 is 2.74 bits per heavy atom. The molecule has 2 heterocycles. The van der Waals surface area contributed by atoms with Crippen molar-refractivity contribution in [1.29, 1.82) is 0 Å². The van der Waals surface area contributed by atoms with Crippen molar-refractivity contribution in [2.24, 2.45) is 0 Å². The molecule has 152 valence electrons. The van der Waals surface area contributed by atoms with Crippen molar-refractivity contribution < 1.29 is 14.3 Å². The second-order valence-corrected chi connectivity index (χ2v) is 6.90. The number of anilines is 1. The molecule has 0 saturated carbocycles. The predicted molar refractivity (Wildman–Crippen MR) is 119 cm³/mol. The molecular formula is C24H18N4O3. The number of amides is 1. The van der Waals surface area contributed by atoms with Crippen LogP contribution in [0.2, 0.25) is 0 Å². The zero-order valence-corrected chi connectivity index (χ0v) is 16.6. The maximum atomic E-state index is 12.9. The molecule has 0 radical (unpaired) electrons. The van der Waals surface area contributed by atoms with Crippen LogP contribution in [-0.4, -0.2) is 28.0 Å². The molecule has 7 nitrogen and oxygen atoms in total. The number of hydrogen-bond donors (Lipinski definition) is 2. The van der Waals surface area contributed by atoms with Gasteiger partial charge in [-0.1, -0.05) is 18.2 Å². The van der Waals surface area contributed by atoms with Crippen molar-refractivity contribution in [3.05, 3.63) is 84.8 Å². The number of methoxy groups -OCH3 is 1. The number of H-pyrrole nitrogens is 1. The maximum Gasteiger partial charge on any atom is 0.256 e. The lowest BCUT2D eigenvalue weighted by Crippen LogP contribution is -2.12. The van der Waals surface area contributed by atoms with E-state index in [1.165, 1.54) is 6.33 Å². The van der Waals surface area contributed by atoms with Gasteiger partial charge in [-0.05, 0) is 53.2 Å². The van der Waals surface area contributed by atoms with Gasteiger partial charge in [0.2, 0.25) is 5.88 Å². The van der Waals surface area contributed by atoms with Gasteiger partial charge in [-0.3, -0.25) is 4.79 Å². The monoisotopic (exact) mass is 410 g/mol. The molecule has 31 heavy (non-hydrogen) atoms. The van der Waals surface area contributed by atoms with Crippen LogP contribution in [0.5, 0.6) is 17.4 Å². The zero-order chi connectivity index (χ0) is 21.2. The van der Waals surface area contributed by atoms with E-state index in [-0.39, 0.29) is 5.91 Å².